The number of aromatic nitrogens is 4. The van der Waals surface area contributed by atoms with Crippen molar-refractivity contribution in [3.05, 3.63) is 12.5 Å². The van der Waals surface area contributed by atoms with E-state index in [-0.39, 0.29) is 6.01 Å². The fourth-order valence-corrected chi connectivity index (χ4v) is 0.945. The summed E-state index contributed by atoms with van der Waals surface area (Å²) in [6.07, 6.45) is 1.70. The van der Waals surface area contributed by atoms with Gasteiger partial charge in [0.2, 0.25) is 0 Å². The van der Waals surface area contributed by atoms with Gasteiger partial charge in [-0.05, 0) is 6.92 Å². The second-order valence-corrected chi connectivity index (χ2v) is 2.89. The van der Waals surface area contributed by atoms with Gasteiger partial charge in [0.15, 0.2) is 5.65 Å². The zero-order valence-electron chi connectivity index (χ0n) is 7.84. The molecule has 15 heavy (non-hydrogen) atoms. The maximum absolute atomic E-state index is 11.0. The van der Waals surface area contributed by atoms with E-state index >= 15 is 0 Å². The lowest BCUT2D eigenvalue weighted by Gasteiger charge is -2.02. The summed E-state index contributed by atoms with van der Waals surface area (Å²) in [5, 5.41) is 8.90. The summed E-state index contributed by atoms with van der Waals surface area (Å²) >= 11 is 0. The number of nitrogens with zero attached hydrogens (tertiary/aromatic N) is 3. The lowest BCUT2D eigenvalue weighted by Crippen LogP contribution is -2.23. The Bertz CT molecular complexity index is 493. The summed E-state index contributed by atoms with van der Waals surface area (Å²) in [5.74, 6) is -0.801. The highest BCUT2D eigenvalue weighted by Crippen LogP contribution is 2.09. The van der Waals surface area contributed by atoms with Crippen molar-refractivity contribution in [2.24, 2.45) is 0 Å². The molecule has 1 atom stereocenters. The quantitative estimate of drug-likeness (QED) is 0.653. The van der Waals surface area contributed by atoms with E-state index in [0.29, 0.717) is 11.2 Å². The molecule has 2 aromatic rings. The lowest BCUT2D eigenvalue weighted by molar-refractivity contribution is -0.143. The number of carbonyl (C=O) groups excluding carboxylic acids is 1. The van der Waals surface area contributed by atoms with Crippen LogP contribution in [0, 0.1) is 0 Å². The van der Waals surface area contributed by atoms with Crippen LogP contribution in [-0.2, 0) is 4.79 Å². The molecule has 2 aromatic heterocycles. The van der Waals surface area contributed by atoms with E-state index < -0.39 is 12.1 Å². The minimum atomic E-state index is -1.21. The zero-order chi connectivity index (χ0) is 10.8. The van der Waals surface area contributed by atoms with Crippen LogP contribution in [-0.4, -0.2) is 37.1 Å². The standard InChI is InChI=1S/C8H8N4O3/c1-4(13)7(14)15-8-9-2-5-6(12-8)11-3-10-5/h2-4,13H,1H3,(H,9,10,11,12). The minimum absolute atomic E-state index is 0.125. The van der Waals surface area contributed by atoms with E-state index in [2.05, 4.69) is 24.7 Å². The van der Waals surface area contributed by atoms with Crippen molar-refractivity contribution in [3.8, 4) is 6.01 Å². The lowest BCUT2D eigenvalue weighted by atomic mass is 10.4. The third-order valence-corrected chi connectivity index (χ3v) is 1.69. The van der Waals surface area contributed by atoms with Gasteiger partial charge in [-0.15, -0.1) is 0 Å². The van der Waals surface area contributed by atoms with Crippen molar-refractivity contribution in [1.29, 1.82) is 0 Å². The third-order valence-electron chi connectivity index (χ3n) is 1.69. The first-order valence-electron chi connectivity index (χ1n) is 4.22. The molecule has 1 unspecified atom stereocenters. The molecule has 0 spiro atoms. The van der Waals surface area contributed by atoms with E-state index in [1.54, 1.807) is 0 Å². The summed E-state index contributed by atoms with van der Waals surface area (Å²) in [6, 6.07) is -0.125. The normalized spacial score (nSPS) is 12.7. The summed E-state index contributed by atoms with van der Waals surface area (Å²) in [6.45, 7) is 1.30. The fraction of sp³-hybridized carbons (Fsp3) is 0.250. The van der Waals surface area contributed by atoms with Gasteiger partial charge in [0.25, 0.3) is 0 Å². The number of nitrogens with one attached hydrogen (secondary N) is 1. The molecular formula is C8H8N4O3. The van der Waals surface area contributed by atoms with Gasteiger partial charge in [-0.1, -0.05) is 0 Å². The Morgan fingerprint density at radius 3 is 3.13 bits per heavy atom. The molecule has 0 fully saturated rings. The first-order valence-corrected chi connectivity index (χ1v) is 4.22. The highest BCUT2D eigenvalue weighted by Gasteiger charge is 2.13. The van der Waals surface area contributed by atoms with Gasteiger partial charge in [0, 0.05) is 0 Å². The fourth-order valence-electron chi connectivity index (χ4n) is 0.945. The van der Waals surface area contributed by atoms with Gasteiger partial charge >= 0.3 is 12.0 Å². The number of esters is 1. The van der Waals surface area contributed by atoms with Gasteiger partial charge in [0.1, 0.15) is 11.6 Å². The number of H-pyrrole nitrogens is 1. The molecule has 0 amide bonds. The van der Waals surface area contributed by atoms with E-state index in [0.717, 1.165) is 0 Å². The minimum Gasteiger partial charge on any atom is -0.389 e. The Morgan fingerprint density at radius 1 is 1.60 bits per heavy atom. The summed E-state index contributed by atoms with van der Waals surface area (Å²) in [5.41, 5.74) is 1.05. The smallest absolute Gasteiger partial charge is 0.342 e. The number of imidazole rings is 1. The van der Waals surface area contributed by atoms with Gasteiger partial charge in [-0.25, -0.2) is 14.8 Å². The molecule has 7 nitrogen and oxygen atoms in total. The maximum Gasteiger partial charge on any atom is 0.342 e. The molecule has 0 saturated heterocycles. The van der Waals surface area contributed by atoms with Crippen molar-refractivity contribution in [3.63, 3.8) is 0 Å². The molecule has 2 rings (SSSR count). The molecule has 2 heterocycles. The first-order chi connectivity index (χ1) is 7.16. The second kappa shape index (κ2) is 3.62. The van der Waals surface area contributed by atoms with Crippen LogP contribution in [0.25, 0.3) is 11.2 Å². The number of rotatable bonds is 2. The topological polar surface area (TPSA) is 101 Å². The molecule has 2 N–H and O–H groups in total. The monoisotopic (exact) mass is 208 g/mol. The molecule has 0 radical (unpaired) electrons. The molecule has 0 bridgehead atoms. The van der Waals surface area contributed by atoms with Crippen LogP contribution in [0.2, 0.25) is 0 Å². The Hall–Kier alpha value is -2.02. The van der Waals surface area contributed by atoms with Crippen molar-refractivity contribution in [2.45, 2.75) is 13.0 Å². The Morgan fingerprint density at radius 2 is 2.40 bits per heavy atom. The maximum atomic E-state index is 11.0. The first kappa shape index (κ1) is 9.53. The molecule has 0 aliphatic heterocycles. The average molecular weight is 208 g/mol. The van der Waals surface area contributed by atoms with Crippen LogP contribution in [0.4, 0.5) is 0 Å². The number of carbonyl (C=O) groups is 1. The van der Waals surface area contributed by atoms with E-state index in [9.17, 15) is 4.79 Å². The van der Waals surface area contributed by atoms with Crippen molar-refractivity contribution < 1.29 is 14.6 Å². The van der Waals surface area contributed by atoms with Gasteiger partial charge in [0.05, 0.1) is 12.5 Å². The van der Waals surface area contributed by atoms with Crippen molar-refractivity contribution >= 4 is 17.1 Å². The summed E-state index contributed by atoms with van der Waals surface area (Å²) in [4.78, 5) is 25.3. The summed E-state index contributed by atoms with van der Waals surface area (Å²) in [7, 11) is 0. The number of hydrogen-bond donors (Lipinski definition) is 2. The van der Waals surface area contributed by atoms with E-state index in [1.807, 2.05) is 0 Å². The third kappa shape index (κ3) is 1.91. The molecule has 0 aromatic carbocycles. The van der Waals surface area contributed by atoms with Crippen molar-refractivity contribution in [1.82, 2.24) is 19.9 Å². The predicted molar refractivity (Wildman–Crippen MR) is 49.0 cm³/mol. The Kier molecular flexibility index (Phi) is 2.30. The number of aromatic amines is 1. The number of ether oxygens (including phenoxy) is 1. The molecule has 0 aliphatic carbocycles. The average Bonchev–Trinajstić information content (AvgIpc) is 2.64. The predicted octanol–water partition coefficient (Wildman–Crippen LogP) is -0.361. The van der Waals surface area contributed by atoms with Gasteiger partial charge in [-0.2, -0.15) is 4.98 Å². The van der Waals surface area contributed by atoms with Crippen LogP contribution in [0.15, 0.2) is 12.5 Å². The molecule has 0 aliphatic rings. The highest BCUT2D eigenvalue weighted by atomic mass is 16.6. The van der Waals surface area contributed by atoms with Crippen molar-refractivity contribution in [2.75, 3.05) is 0 Å². The number of aliphatic hydroxyl groups excluding tert-OH is 1. The van der Waals surface area contributed by atoms with Gasteiger partial charge < -0.3 is 14.8 Å². The van der Waals surface area contributed by atoms with E-state index in [4.69, 9.17) is 5.11 Å². The molecule has 78 valence electrons. The van der Waals surface area contributed by atoms with Crippen LogP contribution in [0.1, 0.15) is 6.92 Å². The number of hydrogen-bond acceptors (Lipinski definition) is 6. The summed E-state index contributed by atoms with van der Waals surface area (Å²) < 4.78 is 4.69. The Labute approximate surface area is 84.1 Å². The zero-order valence-corrected chi connectivity index (χ0v) is 7.84. The molecule has 7 heteroatoms. The van der Waals surface area contributed by atoms with Crippen LogP contribution >= 0.6 is 0 Å². The van der Waals surface area contributed by atoms with Crippen LogP contribution < -0.4 is 4.74 Å². The second-order valence-electron chi connectivity index (χ2n) is 2.89. The van der Waals surface area contributed by atoms with Gasteiger partial charge in [-0.3, -0.25) is 0 Å². The highest BCUT2D eigenvalue weighted by molar-refractivity contribution is 5.76. The SMILES string of the molecule is CC(O)C(=O)Oc1ncc2[nH]cnc2n1. The number of aliphatic hydroxyl groups is 1. The van der Waals surface area contributed by atoms with Crippen LogP contribution in [0.5, 0.6) is 6.01 Å². The van der Waals surface area contributed by atoms with Crippen LogP contribution in [0.3, 0.4) is 0 Å². The number of fused-ring (bicyclic) bond motifs is 1. The molecular weight excluding hydrogens is 200 g/mol. The molecule has 0 saturated carbocycles. The largest absolute Gasteiger partial charge is 0.389 e. The Balaban J connectivity index is 2.25. The van der Waals surface area contributed by atoms with E-state index in [1.165, 1.54) is 19.4 Å².